The summed E-state index contributed by atoms with van der Waals surface area (Å²) in [5.74, 6) is -0.779. The number of halogens is 2. The molecule has 2 fully saturated rings. The first-order valence-corrected chi connectivity index (χ1v) is 11.6. The van der Waals surface area contributed by atoms with Crippen molar-refractivity contribution in [2.24, 2.45) is 11.7 Å². The molecule has 1 saturated carbocycles. The minimum absolute atomic E-state index is 0.0177. The van der Waals surface area contributed by atoms with Gasteiger partial charge >= 0.3 is 0 Å². The zero-order chi connectivity index (χ0) is 23.7. The van der Waals surface area contributed by atoms with E-state index < -0.39 is 11.6 Å². The first kappa shape index (κ1) is 22.5. The van der Waals surface area contributed by atoms with Gasteiger partial charge in [-0.1, -0.05) is 0 Å². The Kier molecular flexibility index (Phi) is 6.27. The molecular weight excluding hydrogens is 444 g/mol. The molecule has 3 heterocycles. The lowest BCUT2D eigenvalue weighted by molar-refractivity contribution is -0.122. The molecule has 0 bridgehead atoms. The number of benzene rings is 1. The molecule has 2 aliphatic rings. The Morgan fingerprint density at radius 2 is 1.85 bits per heavy atom. The van der Waals surface area contributed by atoms with Gasteiger partial charge in [0, 0.05) is 37.3 Å². The molecular formula is C23H27F2N7O2. The van der Waals surface area contributed by atoms with Gasteiger partial charge in [0.05, 0.1) is 11.9 Å². The second-order valence-corrected chi connectivity index (χ2v) is 8.90. The van der Waals surface area contributed by atoms with Crippen molar-refractivity contribution in [1.29, 1.82) is 0 Å². The van der Waals surface area contributed by atoms with Crippen molar-refractivity contribution >= 4 is 34.7 Å². The lowest BCUT2D eigenvalue weighted by Crippen LogP contribution is -2.29. The summed E-state index contributed by atoms with van der Waals surface area (Å²) in [4.78, 5) is 25.4. The van der Waals surface area contributed by atoms with E-state index in [1.165, 1.54) is 0 Å². The number of aromatic nitrogens is 4. The number of imidazole rings is 1. The number of ether oxygens (including phenoxy) is 1. The molecule has 11 heteroatoms. The summed E-state index contributed by atoms with van der Waals surface area (Å²) >= 11 is 0. The molecule has 0 spiro atoms. The summed E-state index contributed by atoms with van der Waals surface area (Å²) in [5.41, 5.74) is 6.62. The molecule has 0 radical (unpaired) electrons. The Bertz CT molecular complexity index is 1190. The number of anilines is 3. The summed E-state index contributed by atoms with van der Waals surface area (Å²) < 4.78 is 35.5. The molecule has 4 N–H and O–H groups in total. The van der Waals surface area contributed by atoms with Crippen LogP contribution < -0.4 is 16.4 Å². The second kappa shape index (κ2) is 9.49. The van der Waals surface area contributed by atoms with E-state index in [2.05, 4.69) is 20.6 Å². The third-order valence-corrected chi connectivity index (χ3v) is 6.63. The maximum Gasteiger partial charge on any atom is 0.224 e. The SMILES string of the molecule is NC(=O)[C@H]1CC[C@@H](n2c(Nc3cc(F)ccc3F)nc3cnc(NC4CCOCC4)nc32)CC1. The van der Waals surface area contributed by atoms with Crippen LogP contribution in [0.3, 0.4) is 0 Å². The molecule has 5 rings (SSSR count). The third-order valence-electron chi connectivity index (χ3n) is 6.63. The van der Waals surface area contributed by atoms with Gasteiger partial charge in [-0.3, -0.25) is 9.36 Å². The standard InChI is InChI=1S/C23H27F2N7O2/c24-14-3-6-17(25)18(11-14)29-23-30-19-12-27-22(28-15-7-9-34-10-8-15)31-21(19)32(23)16-4-1-13(2-5-16)20(26)33/h3,6,11-13,15-16H,1-2,4-5,7-10H2,(H2,26,33)(H,29,30)(H,27,28,31)/t13-,16+. The van der Waals surface area contributed by atoms with Gasteiger partial charge in [0.2, 0.25) is 17.8 Å². The summed E-state index contributed by atoms with van der Waals surface area (Å²) in [6.45, 7) is 1.38. The molecule has 1 saturated heterocycles. The topological polar surface area (TPSA) is 120 Å². The van der Waals surface area contributed by atoms with E-state index in [0.29, 0.717) is 62.0 Å². The molecule has 1 aliphatic carbocycles. The largest absolute Gasteiger partial charge is 0.381 e. The van der Waals surface area contributed by atoms with Gasteiger partial charge in [-0.2, -0.15) is 4.98 Å². The zero-order valence-electron chi connectivity index (χ0n) is 18.6. The van der Waals surface area contributed by atoms with Crippen molar-refractivity contribution in [2.45, 2.75) is 50.6 Å². The number of primary amides is 1. The summed E-state index contributed by atoms with van der Waals surface area (Å²) in [6.07, 6.45) is 6.02. The fourth-order valence-corrected chi connectivity index (χ4v) is 4.75. The Balaban J connectivity index is 1.51. The van der Waals surface area contributed by atoms with Crippen LogP contribution in [0.4, 0.5) is 26.4 Å². The predicted molar refractivity (Wildman–Crippen MR) is 123 cm³/mol. The normalized spacial score (nSPS) is 21.5. The third kappa shape index (κ3) is 4.65. The monoisotopic (exact) mass is 471 g/mol. The average molecular weight is 472 g/mol. The number of hydrogen-bond donors (Lipinski definition) is 3. The molecule has 1 amide bonds. The number of nitrogens with one attached hydrogen (secondary N) is 2. The second-order valence-electron chi connectivity index (χ2n) is 8.90. The number of carbonyl (C=O) groups is 1. The Hall–Kier alpha value is -3.34. The van der Waals surface area contributed by atoms with Crippen LogP contribution in [-0.4, -0.2) is 44.7 Å². The van der Waals surface area contributed by atoms with Gasteiger partial charge in [-0.15, -0.1) is 0 Å². The molecule has 1 aromatic carbocycles. The number of rotatable bonds is 6. The molecule has 34 heavy (non-hydrogen) atoms. The van der Waals surface area contributed by atoms with E-state index in [4.69, 9.17) is 15.5 Å². The number of amides is 1. The van der Waals surface area contributed by atoms with Crippen molar-refractivity contribution in [3.05, 3.63) is 36.0 Å². The van der Waals surface area contributed by atoms with E-state index in [1.807, 2.05) is 4.57 Å². The molecule has 0 atom stereocenters. The molecule has 180 valence electrons. The van der Waals surface area contributed by atoms with Gasteiger partial charge < -0.3 is 21.1 Å². The molecule has 0 unspecified atom stereocenters. The highest BCUT2D eigenvalue weighted by atomic mass is 19.1. The highest BCUT2D eigenvalue weighted by Crippen LogP contribution is 2.37. The predicted octanol–water partition coefficient (Wildman–Crippen LogP) is 3.66. The van der Waals surface area contributed by atoms with E-state index in [1.54, 1.807) is 6.20 Å². The minimum atomic E-state index is -0.592. The quantitative estimate of drug-likeness (QED) is 0.502. The number of nitrogens with two attached hydrogens (primary N) is 1. The van der Waals surface area contributed by atoms with Crippen molar-refractivity contribution in [3.8, 4) is 0 Å². The van der Waals surface area contributed by atoms with Crippen LogP contribution in [0.15, 0.2) is 24.4 Å². The average Bonchev–Trinajstić information content (AvgIpc) is 3.19. The van der Waals surface area contributed by atoms with Crippen molar-refractivity contribution in [3.63, 3.8) is 0 Å². The van der Waals surface area contributed by atoms with Gasteiger partial charge in [0.15, 0.2) is 5.65 Å². The Morgan fingerprint density at radius 1 is 1.09 bits per heavy atom. The van der Waals surface area contributed by atoms with Gasteiger partial charge in [0.25, 0.3) is 0 Å². The zero-order valence-corrected chi connectivity index (χ0v) is 18.6. The van der Waals surface area contributed by atoms with Crippen LogP contribution in [0, 0.1) is 17.6 Å². The van der Waals surface area contributed by atoms with Crippen molar-refractivity contribution < 1.29 is 18.3 Å². The highest BCUT2D eigenvalue weighted by molar-refractivity contribution is 5.78. The van der Waals surface area contributed by atoms with E-state index >= 15 is 0 Å². The number of fused-ring (bicyclic) bond motifs is 1. The summed E-state index contributed by atoms with van der Waals surface area (Å²) in [6, 6.07) is 3.40. The number of carbonyl (C=O) groups excluding carboxylic acids is 1. The van der Waals surface area contributed by atoms with Crippen molar-refractivity contribution in [1.82, 2.24) is 19.5 Å². The van der Waals surface area contributed by atoms with Gasteiger partial charge in [-0.05, 0) is 50.7 Å². The van der Waals surface area contributed by atoms with Crippen LogP contribution >= 0.6 is 0 Å². The highest BCUT2D eigenvalue weighted by Gasteiger charge is 2.29. The van der Waals surface area contributed by atoms with Crippen LogP contribution in [0.25, 0.3) is 11.2 Å². The number of nitrogens with zero attached hydrogens (tertiary/aromatic N) is 4. The van der Waals surface area contributed by atoms with Gasteiger partial charge in [-0.25, -0.2) is 18.7 Å². The molecule has 3 aromatic rings. The summed E-state index contributed by atoms with van der Waals surface area (Å²) in [7, 11) is 0. The minimum Gasteiger partial charge on any atom is -0.381 e. The first-order valence-electron chi connectivity index (χ1n) is 11.6. The Morgan fingerprint density at radius 3 is 2.59 bits per heavy atom. The van der Waals surface area contributed by atoms with E-state index in [9.17, 15) is 13.6 Å². The fourth-order valence-electron chi connectivity index (χ4n) is 4.75. The van der Waals surface area contributed by atoms with Crippen LogP contribution in [-0.2, 0) is 9.53 Å². The lowest BCUT2D eigenvalue weighted by atomic mass is 9.85. The van der Waals surface area contributed by atoms with Crippen LogP contribution in [0.5, 0.6) is 0 Å². The van der Waals surface area contributed by atoms with E-state index in [0.717, 1.165) is 31.0 Å². The molecule has 9 nitrogen and oxygen atoms in total. The van der Waals surface area contributed by atoms with Crippen LogP contribution in [0.1, 0.15) is 44.6 Å². The number of hydrogen-bond acceptors (Lipinski definition) is 7. The maximum atomic E-state index is 14.4. The molecule has 1 aliphatic heterocycles. The van der Waals surface area contributed by atoms with Crippen molar-refractivity contribution in [2.75, 3.05) is 23.8 Å². The first-order chi connectivity index (χ1) is 16.5. The summed E-state index contributed by atoms with van der Waals surface area (Å²) in [5, 5.41) is 6.31. The van der Waals surface area contributed by atoms with Crippen LogP contribution in [0.2, 0.25) is 0 Å². The van der Waals surface area contributed by atoms with E-state index in [-0.39, 0.29) is 29.6 Å². The maximum absolute atomic E-state index is 14.4. The fraction of sp³-hybridized carbons (Fsp3) is 0.478. The molecule has 2 aromatic heterocycles. The Labute approximate surface area is 195 Å². The lowest BCUT2D eigenvalue weighted by Gasteiger charge is -2.29. The van der Waals surface area contributed by atoms with Gasteiger partial charge in [0.1, 0.15) is 17.2 Å². The smallest absolute Gasteiger partial charge is 0.224 e.